The number of benzene rings is 1. The number of carbonyl (C=O) groups excluding carboxylic acids is 5. The lowest BCUT2D eigenvalue weighted by Gasteiger charge is -2.46. The van der Waals surface area contributed by atoms with Crippen molar-refractivity contribution in [3.63, 3.8) is 0 Å². The molecule has 2 amide bonds. The molecule has 12 nitrogen and oxygen atoms in total. The number of hydrogen-bond acceptors (Lipinski definition) is 10. The molecule has 0 saturated carbocycles. The molecule has 1 heterocycles. The van der Waals surface area contributed by atoms with Gasteiger partial charge in [-0.15, -0.1) is 0 Å². The van der Waals surface area contributed by atoms with E-state index in [2.05, 4.69) is 10.6 Å². The molecule has 32 heavy (non-hydrogen) atoms. The van der Waals surface area contributed by atoms with Crippen molar-refractivity contribution in [3.05, 3.63) is 30.3 Å². The van der Waals surface area contributed by atoms with Crippen LogP contribution in [0.25, 0.3) is 0 Å². The minimum Gasteiger partial charge on any atom is -0.465 e. The highest BCUT2D eigenvalue weighted by atomic mass is 16.7. The third-order valence-corrected chi connectivity index (χ3v) is 4.27. The third-order valence-electron chi connectivity index (χ3n) is 4.27. The first kappa shape index (κ1) is 24.6. The van der Waals surface area contributed by atoms with E-state index < -0.39 is 60.6 Å². The maximum absolute atomic E-state index is 12.8. The minimum atomic E-state index is -2.42. The molecule has 4 atom stereocenters. The average Bonchev–Trinajstić information content (AvgIpc) is 2.71. The molecule has 174 valence electrons. The van der Waals surface area contributed by atoms with Gasteiger partial charge in [0.25, 0.3) is 5.72 Å². The van der Waals surface area contributed by atoms with E-state index in [0.717, 1.165) is 27.9 Å². The normalized spacial score (nSPS) is 24.4. The molecule has 12 heteroatoms. The molecule has 1 aromatic rings. The van der Waals surface area contributed by atoms with Crippen LogP contribution < -0.4 is 10.6 Å². The van der Waals surface area contributed by atoms with Crippen molar-refractivity contribution in [1.29, 1.82) is 0 Å². The fourth-order valence-electron chi connectivity index (χ4n) is 3.13. The summed E-state index contributed by atoms with van der Waals surface area (Å²) in [5.74, 6) is -3.60. The van der Waals surface area contributed by atoms with Gasteiger partial charge in [0.05, 0.1) is 13.7 Å². The number of nitrogens with one attached hydrogen (secondary N) is 2. The highest BCUT2D eigenvalue weighted by Crippen LogP contribution is 2.32. The Balaban J connectivity index is 2.47. The smallest absolute Gasteiger partial charge is 0.363 e. The highest BCUT2D eigenvalue weighted by Gasteiger charge is 2.62. The number of para-hydroxylation sites is 1. The number of urea groups is 1. The molecule has 0 aliphatic carbocycles. The Hall–Kier alpha value is -3.67. The molecule has 0 bridgehead atoms. The second-order valence-electron chi connectivity index (χ2n) is 6.74. The van der Waals surface area contributed by atoms with Crippen molar-refractivity contribution in [3.8, 4) is 0 Å². The molecule has 0 spiro atoms. The molecule has 1 saturated heterocycles. The Morgan fingerprint density at radius 3 is 2.06 bits per heavy atom. The Kier molecular flexibility index (Phi) is 8.13. The van der Waals surface area contributed by atoms with Gasteiger partial charge in [-0.3, -0.25) is 19.7 Å². The summed E-state index contributed by atoms with van der Waals surface area (Å²) in [6.07, 6.45) is -4.49. The largest absolute Gasteiger partial charge is 0.465 e. The monoisotopic (exact) mass is 452 g/mol. The van der Waals surface area contributed by atoms with E-state index in [-0.39, 0.29) is 0 Å². The van der Waals surface area contributed by atoms with Crippen LogP contribution in [-0.4, -0.2) is 67.7 Å². The molecule has 1 aromatic carbocycles. The van der Waals surface area contributed by atoms with Gasteiger partial charge in [-0.25, -0.2) is 9.59 Å². The van der Waals surface area contributed by atoms with Gasteiger partial charge in [-0.1, -0.05) is 18.2 Å². The van der Waals surface area contributed by atoms with Crippen LogP contribution in [0, 0.1) is 0 Å². The fraction of sp³-hybridized carbons (Fsp3) is 0.450. The van der Waals surface area contributed by atoms with E-state index >= 15 is 0 Å². The first-order chi connectivity index (χ1) is 15.1. The van der Waals surface area contributed by atoms with Crippen molar-refractivity contribution in [2.24, 2.45) is 0 Å². The molecule has 1 aliphatic rings. The fourth-order valence-corrected chi connectivity index (χ4v) is 3.13. The molecular formula is C20H24N2O10. The molecule has 2 rings (SSSR count). The van der Waals surface area contributed by atoms with Gasteiger partial charge in [0.2, 0.25) is 6.10 Å². The maximum Gasteiger partial charge on any atom is 0.363 e. The van der Waals surface area contributed by atoms with Gasteiger partial charge in [0.15, 0.2) is 12.2 Å². The number of carbonyl (C=O) groups is 5. The van der Waals surface area contributed by atoms with Crippen molar-refractivity contribution in [2.75, 3.05) is 19.0 Å². The molecule has 1 fully saturated rings. The second kappa shape index (κ2) is 10.6. The zero-order valence-electron chi connectivity index (χ0n) is 17.9. The maximum atomic E-state index is 12.8. The van der Waals surface area contributed by atoms with Crippen LogP contribution in [0.1, 0.15) is 20.8 Å². The van der Waals surface area contributed by atoms with Crippen LogP contribution in [0.4, 0.5) is 10.5 Å². The van der Waals surface area contributed by atoms with E-state index in [1.54, 1.807) is 30.3 Å². The number of ether oxygens (including phenoxy) is 5. The summed E-state index contributed by atoms with van der Waals surface area (Å²) in [5.41, 5.74) is -2.03. The van der Waals surface area contributed by atoms with Crippen LogP contribution >= 0.6 is 0 Å². The topological polar surface area (TPSA) is 156 Å². The molecule has 0 unspecified atom stereocenters. The van der Waals surface area contributed by atoms with Crippen molar-refractivity contribution in [2.45, 2.75) is 44.8 Å². The zero-order chi connectivity index (χ0) is 23.9. The number of amides is 2. The first-order valence-electron chi connectivity index (χ1n) is 9.47. The number of rotatable bonds is 6. The van der Waals surface area contributed by atoms with Crippen molar-refractivity contribution < 1.29 is 47.7 Å². The van der Waals surface area contributed by atoms with Crippen LogP contribution in [0.3, 0.4) is 0 Å². The quantitative estimate of drug-likeness (QED) is 0.460. The zero-order valence-corrected chi connectivity index (χ0v) is 17.9. The molecule has 1 aliphatic heterocycles. The lowest BCUT2D eigenvalue weighted by molar-refractivity contribution is -0.262. The first-order valence-corrected chi connectivity index (χ1v) is 9.47. The minimum absolute atomic E-state index is 0.388. The van der Waals surface area contributed by atoms with Crippen molar-refractivity contribution in [1.82, 2.24) is 5.32 Å². The second-order valence-corrected chi connectivity index (χ2v) is 6.74. The molecule has 0 aromatic heterocycles. The lowest BCUT2D eigenvalue weighted by atomic mass is 9.93. The Labute approximate surface area is 183 Å². The Morgan fingerprint density at radius 1 is 0.938 bits per heavy atom. The third kappa shape index (κ3) is 5.94. The van der Waals surface area contributed by atoms with Crippen molar-refractivity contribution >= 4 is 35.6 Å². The standard InChI is InChI=1S/C20H24N2O10/c1-11(23)30-15-10-29-20(18(26)28-4,17(32-13(3)25)16(15)31-12(2)24)22-19(27)21-14-8-6-5-7-9-14/h5-9,15-17H,10H2,1-4H3,(H2,21,22,27)/t15-,16+,17+,20+/m0/s1. The average molecular weight is 452 g/mol. The summed E-state index contributed by atoms with van der Waals surface area (Å²) in [4.78, 5) is 60.6. The molecule has 0 radical (unpaired) electrons. The molecule has 2 N–H and O–H groups in total. The Morgan fingerprint density at radius 2 is 1.53 bits per heavy atom. The summed E-state index contributed by atoms with van der Waals surface area (Å²) in [6, 6.07) is 7.35. The van der Waals surface area contributed by atoms with Gasteiger partial charge < -0.3 is 29.0 Å². The summed E-state index contributed by atoms with van der Waals surface area (Å²) in [6.45, 7) is 2.72. The number of hydrogen-bond donors (Lipinski definition) is 2. The number of methoxy groups -OCH3 is 1. The van der Waals surface area contributed by atoms with E-state index in [9.17, 15) is 24.0 Å². The molecular weight excluding hydrogens is 428 g/mol. The predicted molar refractivity (Wildman–Crippen MR) is 106 cm³/mol. The van der Waals surface area contributed by atoms with Crippen LogP contribution in [0.15, 0.2) is 30.3 Å². The lowest BCUT2D eigenvalue weighted by Crippen LogP contribution is -2.74. The summed E-state index contributed by atoms with van der Waals surface area (Å²) in [7, 11) is 1.02. The number of anilines is 1. The number of esters is 4. The predicted octanol–water partition coefficient (Wildman–Crippen LogP) is 0.503. The summed E-state index contributed by atoms with van der Waals surface area (Å²) >= 11 is 0. The van der Waals surface area contributed by atoms with Gasteiger partial charge in [0.1, 0.15) is 0 Å². The van der Waals surface area contributed by atoms with E-state index in [1.165, 1.54) is 0 Å². The van der Waals surface area contributed by atoms with Crippen LogP contribution in [0.5, 0.6) is 0 Å². The van der Waals surface area contributed by atoms with Crippen LogP contribution in [-0.2, 0) is 42.9 Å². The van der Waals surface area contributed by atoms with Gasteiger partial charge in [-0.05, 0) is 12.1 Å². The SMILES string of the molecule is COC(=O)[C@]1(NC(=O)Nc2ccccc2)OC[C@H](OC(C)=O)[C@@H](OC(C)=O)[C@H]1OC(C)=O. The van der Waals surface area contributed by atoms with E-state index in [4.69, 9.17) is 23.7 Å². The summed E-state index contributed by atoms with van der Waals surface area (Å²) < 4.78 is 25.9. The van der Waals surface area contributed by atoms with Gasteiger partial charge in [0, 0.05) is 26.5 Å². The van der Waals surface area contributed by atoms with Gasteiger partial charge in [-0.2, -0.15) is 0 Å². The van der Waals surface area contributed by atoms with E-state index in [0.29, 0.717) is 5.69 Å². The van der Waals surface area contributed by atoms with Crippen LogP contribution in [0.2, 0.25) is 0 Å². The van der Waals surface area contributed by atoms with E-state index in [1.807, 2.05) is 0 Å². The Bertz CT molecular complexity index is 874. The summed E-state index contributed by atoms with van der Waals surface area (Å²) in [5, 5.41) is 4.80. The highest BCUT2D eigenvalue weighted by molar-refractivity contribution is 5.94. The van der Waals surface area contributed by atoms with Gasteiger partial charge >= 0.3 is 29.9 Å².